The molecule has 18 heavy (non-hydrogen) atoms. The fourth-order valence-corrected chi connectivity index (χ4v) is 1.71. The molecule has 2 heterocycles. The average Bonchev–Trinajstić information content (AvgIpc) is 3.04. The molecule has 0 amide bonds. The van der Waals surface area contributed by atoms with Gasteiger partial charge >= 0.3 is 0 Å². The van der Waals surface area contributed by atoms with Gasteiger partial charge in [-0.3, -0.25) is 5.10 Å². The zero-order valence-corrected chi connectivity index (χ0v) is 10.6. The zero-order valence-electron chi connectivity index (χ0n) is 10.6. The minimum absolute atomic E-state index is 0.241. The Bertz CT molecular complexity index is 462. The molecule has 0 radical (unpaired) electrons. The van der Waals surface area contributed by atoms with Crippen LogP contribution in [0.4, 0.5) is 0 Å². The summed E-state index contributed by atoms with van der Waals surface area (Å²) in [6.07, 6.45) is 3.33. The first-order valence-electron chi connectivity index (χ1n) is 6.05. The van der Waals surface area contributed by atoms with Crippen LogP contribution < -0.4 is 5.73 Å². The second kappa shape index (κ2) is 5.74. The van der Waals surface area contributed by atoms with Gasteiger partial charge in [0.25, 0.3) is 5.89 Å². The smallest absolute Gasteiger partial charge is 0.261 e. The summed E-state index contributed by atoms with van der Waals surface area (Å²) in [4.78, 5) is 6.51. The third kappa shape index (κ3) is 2.74. The van der Waals surface area contributed by atoms with E-state index >= 15 is 0 Å². The summed E-state index contributed by atoms with van der Waals surface area (Å²) < 4.78 is 5.16. The Morgan fingerprint density at radius 2 is 2.22 bits per heavy atom. The number of likely N-dealkylation sites (N-methyl/N-ethyl adjacent to an activating group) is 1. The third-order valence-electron chi connectivity index (χ3n) is 2.87. The number of hydrogen-bond acceptors (Lipinski definition) is 6. The van der Waals surface area contributed by atoms with Crippen LogP contribution in [0.5, 0.6) is 0 Å². The number of hydrogen-bond donors (Lipinski definition) is 2. The Morgan fingerprint density at radius 3 is 2.83 bits per heavy atom. The van der Waals surface area contributed by atoms with Gasteiger partial charge in [0, 0.05) is 12.7 Å². The number of aromatic nitrogens is 4. The molecule has 1 unspecified atom stereocenters. The van der Waals surface area contributed by atoms with Crippen LogP contribution in [0.1, 0.15) is 25.7 Å². The molecule has 2 aromatic heterocycles. The van der Waals surface area contributed by atoms with Crippen molar-refractivity contribution < 1.29 is 4.52 Å². The van der Waals surface area contributed by atoms with Crippen LogP contribution in [0.15, 0.2) is 16.9 Å². The molecule has 3 N–H and O–H groups in total. The maximum absolute atomic E-state index is 6.06. The van der Waals surface area contributed by atoms with Gasteiger partial charge in [-0.1, -0.05) is 19.0 Å². The number of nitrogens with two attached hydrogens (primary N) is 1. The van der Waals surface area contributed by atoms with E-state index in [4.69, 9.17) is 10.3 Å². The SMILES string of the molecule is CCN(CC)CC(N)c1noc(-c2cn[nH]c2)n1. The van der Waals surface area contributed by atoms with Gasteiger partial charge in [-0.15, -0.1) is 0 Å². The molecular formula is C11H18N6O. The number of H-pyrrole nitrogens is 1. The lowest BCUT2D eigenvalue weighted by Gasteiger charge is -2.20. The molecular weight excluding hydrogens is 232 g/mol. The molecule has 0 aliphatic rings. The highest BCUT2D eigenvalue weighted by Gasteiger charge is 2.17. The van der Waals surface area contributed by atoms with Crippen molar-refractivity contribution in [1.29, 1.82) is 0 Å². The normalized spacial score (nSPS) is 13.1. The molecule has 2 aromatic rings. The van der Waals surface area contributed by atoms with Crippen molar-refractivity contribution in [2.24, 2.45) is 5.73 Å². The maximum atomic E-state index is 6.06. The summed E-state index contributed by atoms with van der Waals surface area (Å²) in [6, 6.07) is -0.241. The molecule has 0 bridgehead atoms. The van der Waals surface area contributed by atoms with Gasteiger partial charge in [-0.2, -0.15) is 10.1 Å². The number of aromatic amines is 1. The lowest BCUT2D eigenvalue weighted by Crippen LogP contribution is -2.32. The summed E-state index contributed by atoms with van der Waals surface area (Å²) in [6.45, 7) is 6.83. The molecule has 1 atom stereocenters. The summed E-state index contributed by atoms with van der Waals surface area (Å²) in [5.41, 5.74) is 6.83. The van der Waals surface area contributed by atoms with Gasteiger partial charge < -0.3 is 15.2 Å². The predicted octanol–water partition coefficient (Wildman–Crippen LogP) is 0.801. The monoisotopic (exact) mass is 250 g/mol. The summed E-state index contributed by atoms with van der Waals surface area (Å²) in [7, 11) is 0. The highest BCUT2D eigenvalue weighted by Crippen LogP contribution is 2.17. The molecule has 7 nitrogen and oxygen atoms in total. The number of nitrogens with zero attached hydrogens (tertiary/aromatic N) is 4. The van der Waals surface area contributed by atoms with Crippen LogP contribution in [0, 0.1) is 0 Å². The van der Waals surface area contributed by atoms with E-state index in [2.05, 4.69) is 39.1 Å². The van der Waals surface area contributed by atoms with E-state index < -0.39 is 0 Å². The lowest BCUT2D eigenvalue weighted by molar-refractivity contribution is 0.278. The molecule has 0 saturated carbocycles. The summed E-state index contributed by atoms with van der Waals surface area (Å²) in [5.74, 6) is 0.965. The average molecular weight is 250 g/mol. The van der Waals surface area contributed by atoms with Crippen LogP contribution in [-0.4, -0.2) is 44.9 Å². The predicted molar refractivity (Wildman–Crippen MR) is 66.6 cm³/mol. The van der Waals surface area contributed by atoms with Crippen molar-refractivity contribution in [3.63, 3.8) is 0 Å². The summed E-state index contributed by atoms with van der Waals surface area (Å²) in [5, 5.41) is 10.4. The van der Waals surface area contributed by atoms with Crippen molar-refractivity contribution in [2.75, 3.05) is 19.6 Å². The van der Waals surface area contributed by atoms with Crippen LogP contribution in [-0.2, 0) is 0 Å². The van der Waals surface area contributed by atoms with Crippen molar-refractivity contribution in [2.45, 2.75) is 19.9 Å². The van der Waals surface area contributed by atoms with Gasteiger partial charge in [0.2, 0.25) is 0 Å². The zero-order chi connectivity index (χ0) is 13.0. The standard InChI is InChI=1S/C11H18N6O/c1-3-17(4-2)7-9(12)10-15-11(18-16-10)8-5-13-14-6-8/h5-6,9H,3-4,7,12H2,1-2H3,(H,13,14). The molecule has 0 aliphatic heterocycles. The molecule has 2 rings (SSSR count). The van der Waals surface area contributed by atoms with E-state index in [0.717, 1.165) is 25.2 Å². The van der Waals surface area contributed by atoms with Crippen LogP contribution in [0.2, 0.25) is 0 Å². The Hall–Kier alpha value is -1.73. The lowest BCUT2D eigenvalue weighted by atomic mass is 10.2. The number of rotatable bonds is 6. The minimum atomic E-state index is -0.241. The van der Waals surface area contributed by atoms with Gasteiger partial charge in [0.1, 0.15) is 0 Å². The Labute approximate surface area is 105 Å². The first-order valence-corrected chi connectivity index (χ1v) is 6.05. The molecule has 0 saturated heterocycles. The highest BCUT2D eigenvalue weighted by atomic mass is 16.5. The molecule has 0 aliphatic carbocycles. The van der Waals surface area contributed by atoms with Gasteiger partial charge in [0.15, 0.2) is 5.82 Å². The third-order valence-corrected chi connectivity index (χ3v) is 2.87. The van der Waals surface area contributed by atoms with E-state index in [1.54, 1.807) is 12.4 Å². The van der Waals surface area contributed by atoms with Crippen LogP contribution >= 0.6 is 0 Å². The minimum Gasteiger partial charge on any atom is -0.334 e. The van der Waals surface area contributed by atoms with Crippen molar-refractivity contribution in [1.82, 2.24) is 25.2 Å². The second-order valence-corrected chi connectivity index (χ2v) is 4.04. The Balaban J connectivity index is 2.05. The first-order chi connectivity index (χ1) is 8.74. The topological polar surface area (TPSA) is 96.9 Å². The summed E-state index contributed by atoms with van der Waals surface area (Å²) >= 11 is 0. The Morgan fingerprint density at radius 1 is 1.44 bits per heavy atom. The first kappa shape index (κ1) is 12.7. The second-order valence-electron chi connectivity index (χ2n) is 4.04. The van der Waals surface area contributed by atoms with E-state index in [9.17, 15) is 0 Å². The van der Waals surface area contributed by atoms with Crippen LogP contribution in [0.3, 0.4) is 0 Å². The van der Waals surface area contributed by atoms with Gasteiger partial charge in [0.05, 0.1) is 17.8 Å². The fourth-order valence-electron chi connectivity index (χ4n) is 1.71. The van der Waals surface area contributed by atoms with Crippen molar-refractivity contribution >= 4 is 0 Å². The molecule has 0 fully saturated rings. The maximum Gasteiger partial charge on any atom is 0.261 e. The number of nitrogens with one attached hydrogen (secondary N) is 1. The quantitative estimate of drug-likeness (QED) is 0.787. The molecule has 98 valence electrons. The van der Waals surface area contributed by atoms with Gasteiger partial charge in [-0.05, 0) is 13.1 Å². The van der Waals surface area contributed by atoms with Crippen molar-refractivity contribution in [3.8, 4) is 11.5 Å². The highest BCUT2D eigenvalue weighted by molar-refractivity contribution is 5.49. The fraction of sp³-hybridized carbons (Fsp3) is 0.545. The van der Waals surface area contributed by atoms with E-state index in [-0.39, 0.29) is 6.04 Å². The van der Waals surface area contributed by atoms with Crippen LogP contribution in [0.25, 0.3) is 11.5 Å². The van der Waals surface area contributed by atoms with E-state index in [1.807, 2.05) is 0 Å². The van der Waals surface area contributed by atoms with E-state index in [0.29, 0.717) is 11.7 Å². The van der Waals surface area contributed by atoms with Gasteiger partial charge in [-0.25, -0.2) is 0 Å². The molecule has 0 aromatic carbocycles. The molecule has 0 spiro atoms. The Kier molecular flexibility index (Phi) is 4.06. The molecule has 7 heteroatoms. The van der Waals surface area contributed by atoms with E-state index in [1.165, 1.54) is 0 Å². The largest absolute Gasteiger partial charge is 0.334 e. The van der Waals surface area contributed by atoms with Crippen molar-refractivity contribution in [3.05, 3.63) is 18.2 Å².